The van der Waals surface area contributed by atoms with Crippen LogP contribution in [-0.2, 0) is 6.54 Å². The minimum atomic E-state index is -0.503. The van der Waals surface area contributed by atoms with Crippen LogP contribution in [0, 0.1) is 0 Å². The highest BCUT2D eigenvalue weighted by Crippen LogP contribution is 2.36. The molecule has 0 spiro atoms. The van der Waals surface area contributed by atoms with Crippen molar-refractivity contribution in [2.24, 2.45) is 0 Å². The Morgan fingerprint density at radius 3 is 2.59 bits per heavy atom. The van der Waals surface area contributed by atoms with Gasteiger partial charge in [-0.25, -0.2) is 0 Å². The van der Waals surface area contributed by atoms with Gasteiger partial charge in [-0.1, -0.05) is 46.0 Å². The fourth-order valence-electron chi connectivity index (χ4n) is 3.66. The summed E-state index contributed by atoms with van der Waals surface area (Å²) < 4.78 is 12.4. The first-order chi connectivity index (χ1) is 16.5. The molecule has 0 fully saturated rings. The number of aromatic nitrogens is 4. The van der Waals surface area contributed by atoms with Crippen LogP contribution >= 0.6 is 34.8 Å². The third-order valence-electron chi connectivity index (χ3n) is 5.34. The molecule has 10 heteroatoms. The Bertz CT molecular complexity index is 1530. The highest BCUT2D eigenvalue weighted by atomic mass is 35.5. The van der Waals surface area contributed by atoms with Crippen molar-refractivity contribution < 1.29 is 14.1 Å². The van der Waals surface area contributed by atoms with Gasteiger partial charge in [0, 0.05) is 33.4 Å². The summed E-state index contributed by atoms with van der Waals surface area (Å²) >= 11 is 19.2. The lowest BCUT2D eigenvalue weighted by Gasteiger charge is -2.10. The number of benzene rings is 2. The Hall–Kier alpha value is -3.39. The molecule has 0 aliphatic heterocycles. The van der Waals surface area contributed by atoms with Gasteiger partial charge in [-0.15, -0.1) is 0 Å². The van der Waals surface area contributed by atoms with Crippen LogP contribution in [0.2, 0.25) is 15.2 Å². The Morgan fingerprint density at radius 2 is 1.85 bits per heavy atom. The smallest absolute Gasteiger partial charge is 0.299 e. The summed E-state index contributed by atoms with van der Waals surface area (Å²) in [6, 6.07) is 14.0. The highest BCUT2D eigenvalue weighted by molar-refractivity contribution is 6.37. The van der Waals surface area contributed by atoms with Crippen LogP contribution in [0.1, 0.15) is 21.8 Å². The molecule has 0 aliphatic rings. The standard InChI is InChI=1S/C24H15Cl3N4O3/c1-33-16-4-5-19-17(11-16)20(22(27)31(19)12-14-2-3-15(25)10-18(14)26)21(32)24-29-23(30-34-24)13-6-8-28-9-7-13/h2-11H,12H2,1H3. The van der Waals surface area contributed by atoms with E-state index in [1.165, 1.54) is 0 Å². The molecule has 0 radical (unpaired) electrons. The Morgan fingerprint density at radius 1 is 1.06 bits per heavy atom. The average molecular weight is 514 g/mol. The van der Waals surface area contributed by atoms with Crippen LogP contribution < -0.4 is 4.74 Å². The van der Waals surface area contributed by atoms with Crippen molar-refractivity contribution in [1.29, 1.82) is 0 Å². The van der Waals surface area contributed by atoms with Gasteiger partial charge >= 0.3 is 0 Å². The SMILES string of the molecule is COc1ccc2c(c1)c(C(=O)c1nc(-c3ccncc3)no1)c(Cl)n2Cc1ccc(Cl)cc1Cl. The topological polar surface area (TPSA) is 83.0 Å². The van der Waals surface area contributed by atoms with E-state index in [2.05, 4.69) is 15.1 Å². The minimum absolute atomic E-state index is 0.180. The molecule has 0 amide bonds. The zero-order chi connectivity index (χ0) is 23.8. The number of pyridine rings is 1. The second-order valence-electron chi connectivity index (χ2n) is 7.36. The summed E-state index contributed by atoms with van der Waals surface area (Å²) in [5, 5.41) is 5.75. The predicted octanol–water partition coefficient (Wildman–Crippen LogP) is 6.33. The fraction of sp³-hybridized carbons (Fsp3) is 0.0833. The molecule has 34 heavy (non-hydrogen) atoms. The van der Waals surface area contributed by atoms with Crippen molar-refractivity contribution in [3.05, 3.63) is 93.1 Å². The van der Waals surface area contributed by atoms with Crippen LogP contribution in [0.5, 0.6) is 5.75 Å². The number of hydrogen-bond donors (Lipinski definition) is 0. The Labute approximate surface area is 208 Å². The van der Waals surface area contributed by atoms with Crippen molar-refractivity contribution >= 4 is 51.5 Å². The molecule has 0 aliphatic carbocycles. The number of halogens is 3. The van der Waals surface area contributed by atoms with E-state index in [0.717, 1.165) is 5.56 Å². The maximum Gasteiger partial charge on any atom is 0.299 e. The van der Waals surface area contributed by atoms with Gasteiger partial charge in [0.05, 0.1) is 24.7 Å². The number of fused-ring (bicyclic) bond motifs is 1. The summed E-state index contributed by atoms with van der Waals surface area (Å²) in [6.45, 7) is 0.317. The molecular formula is C24H15Cl3N4O3. The van der Waals surface area contributed by atoms with Gasteiger partial charge in [-0.3, -0.25) is 9.78 Å². The number of carbonyl (C=O) groups excluding carboxylic acids is 1. The largest absolute Gasteiger partial charge is 0.497 e. The number of methoxy groups -OCH3 is 1. The number of carbonyl (C=O) groups is 1. The molecule has 2 aromatic carbocycles. The first-order valence-electron chi connectivity index (χ1n) is 10.0. The second-order valence-corrected chi connectivity index (χ2v) is 8.56. The molecule has 0 bridgehead atoms. The van der Waals surface area contributed by atoms with Gasteiger partial charge in [0.15, 0.2) is 0 Å². The van der Waals surface area contributed by atoms with Crippen LogP contribution in [0.25, 0.3) is 22.3 Å². The van der Waals surface area contributed by atoms with Crippen molar-refractivity contribution in [3.8, 4) is 17.1 Å². The van der Waals surface area contributed by atoms with E-state index in [0.29, 0.717) is 38.8 Å². The number of ether oxygens (including phenoxy) is 1. The minimum Gasteiger partial charge on any atom is -0.497 e. The molecule has 5 aromatic rings. The van der Waals surface area contributed by atoms with Crippen LogP contribution in [-0.4, -0.2) is 32.6 Å². The molecule has 0 saturated carbocycles. The summed E-state index contributed by atoms with van der Waals surface area (Å²) in [7, 11) is 1.55. The zero-order valence-corrected chi connectivity index (χ0v) is 19.9. The summed E-state index contributed by atoms with van der Waals surface area (Å²) in [5.41, 5.74) is 2.41. The lowest BCUT2D eigenvalue weighted by Crippen LogP contribution is -2.04. The van der Waals surface area contributed by atoms with Gasteiger partial charge in [-0.05, 0) is 48.0 Å². The Balaban J connectivity index is 1.62. The van der Waals surface area contributed by atoms with Gasteiger partial charge in [0.2, 0.25) is 5.82 Å². The van der Waals surface area contributed by atoms with E-state index in [9.17, 15) is 4.79 Å². The van der Waals surface area contributed by atoms with E-state index in [-0.39, 0.29) is 22.4 Å². The normalized spacial score (nSPS) is 11.2. The maximum absolute atomic E-state index is 13.5. The van der Waals surface area contributed by atoms with E-state index in [4.69, 9.17) is 44.1 Å². The van der Waals surface area contributed by atoms with Crippen molar-refractivity contribution in [2.45, 2.75) is 6.54 Å². The maximum atomic E-state index is 13.5. The summed E-state index contributed by atoms with van der Waals surface area (Å²) in [4.78, 5) is 21.8. The number of nitrogens with zero attached hydrogens (tertiary/aromatic N) is 4. The van der Waals surface area contributed by atoms with Crippen LogP contribution in [0.4, 0.5) is 0 Å². The van der Waals surface area contributed by atoms with Gasteiger partial charge in [-0.2, -0.15) is 4.98 Å². The van der Waals surface area contributed by atoms with Crippen molar-refractivity contribution in [3.63, 3.8) is 0 Å². The monoisotopic (exact) mass is 512 g/mol. The van der Waals surface area contributed by atoms with Gasteiger partial charge < -0.3 is 13.8 Å². The molecule has 3 heterocycles. The third-order valence-corrected chi connectivity index (χ3v) is 6.32. The van der Waals surface area contributed by atoms with E-state index in [1.807, 2.05) is 12.1 Å². The third kappa shape index (κ3) is 4.03. The first kappa shape index (κ1) is 22.4. The van der Waals surface area contributed by atoms with Crippen molar-refractivity contribution in [1.82, 2.24) is 19.7 Å². The number of ketones is 1. The van der Waals surface area contributed by atoms with E-state index < -0.39 is 5.78 Å². The molecule has 0 saturated heterocycles. The van der Waals surface area contributed by atoms with Crippen molar-refractivity contribution in [2.75, 3.05) is 7.11 Å². The zero-order valence-electron chi connectivity index (χ0n) is 17.6. The predicted molar refractivity (Wildman–Crippen MR) is 130 cm³/mol. The second kappa shape index (κ2) is 9.10. The Kier molecular flexibility index (Phi) is 6.00. The molecule has 0 unspecified atom stereocenters. The quantitative estimate of drug-likeness (QED) is 0.247. The number of hydrogen-bond acceptors (Lipinski definition) is 6. The molecule has 170 valence electrons. The number of rotatable bonds is 6. The lowest BCUT2D eigenvalue weighted by molar-refractivity contribution is 0.0995. The van der Waals surface area contributed by atoms with Crippen LogP contribution in [0.3, 0.4) is 0 Å². The average Bonchev–Trinajstić information content (AvgIpc) is 3.44. The molecule has 5 rings (SSSR count). The lowest BCUT2D eigenvalue weighted by atomic mass is 10.1. The summed E-state index contributed by atoms with van der Waals surface area (Å²) in [5.74, 6) is 0.163. The van der Waals surface area contributed by atoms with Gasteiger partial charge in [0.1, 0.15) is 10.9 Å². The highest BCUT2D eigenvalue weighted by Gasteiger charge is 2.27. The van der Waals surface area contributed by atoms with E-state index >= 15 is 0 Å². The molecule has 0 atom stereocenters. The molecular weight excluding hydrogens is 499 g/mol. The molecule has 0 N–H and O–H groups in total. The van der Waals surface area contributed by atoms with Crippen LogP contribution in [0.15, 0.2) is 65.4 Å². The molecule has 7 nitrogen and oxygen atoms in total. The van der Waals surface area contributed by atoms with Gasteiger partial charge in [0.25, 0.3) is 11.7 Å². The fourth-order valence-corrected chi connectivity index (χ4v) is 4.47. The van der Waals surface area contributed by atoms with E-state index in [1.54, 1.807) is 60.5 Å². The first-order valence-corrected chi connectivity index (χ1v) is 11.2. The summed E-state index contributed by atoms with van der Waals surface area (Å²) in [6.07, 6.45) is 3.21. The molecule has 3 aromatic heterocycles.